The van der Waals surface area contributed by atoms with Gasteiger partial charge in [0, 0.05) is 18.7 Å². The Balaban J connectivity index is 2.11. The molecule has 1 aliphatic rings. The van der Waals surface area contributed by atoms with Gasteiger partial charge in [0.25, 0.3) is 5.91 Å². The molecule has 20 heavy (non-hydrogen) atoms. The Kier molecular flexibility index (Phi) is 4.39. The van der Waals surface area contributed by atoms with Crippen LogP contribution in [-0.2, 0) is 11.3 Å². The summed E-state index contributed by atoms with van der Waals surface area (Å²) in [4.78, 5) is 27.0. The molecule has 0 aliphatic carbocycles. The van der Waals surface area contributed by atoms with Crippen molar-refractivity contribution in [3.05, 3.63) is 35.4 Å². The minimum atomic E-state index is -0.917. The maximum Gasteiger partial charge on any atom is 0.326 e. The minimum absolute atomic E-state index is 0.189. The summed E-state index contributed by atoms with van der Waals surface area (Å²) < 4.78 is 0. The Labute approximate surface area is 118 Å². The van der Waals surface area contributed by atoms with Crippen molar-refractivity contribution in [2.45, 2.75) is 25.4 Å². The first-order valence-electron chi connectivity index (χ1n) is 6.76. The molecule has 108 valence electrons. The van der Waals surface area contributed by atoms with Gasteiger partial charge in [-0.2, -0.15) is 0 Å². The maximum atomic E-state index is 12.3. The van der Waals surface area contributed by atoms with Crippen molar-refractivity contribution in [2.24, 2.45) is 0 Å². The lowest BCUT2D eigenvalue weighted by molar-refractivity contribution is -0.141. The number of aliphatic carboxylic acids is 1. The van der Waals surface area contributed by atoms with Gasteiger partial charge in [0.2, 0.25) is 0 Å². The van der Waals surface area contributed by atoms with Crippen molar-refractivity contribution >= 4 is 11.9 Å². The third-order valence-electron chi connectivity index (χ3n) is 3.50. The second-order valence-corrected chi connectivity index (χ2v) is 5.43. The number of hydrogen-bond acceptors (Lipinski definition) is 3. The number of carbonyl (C=O) groups excluding carboxylic acids is 1. The lowest BCUT2D eigenvalue weighted by Gasteiger charge is -2.21. The zero-order valence-electron chi connectivity index (χ0n) is 11.9. The van der Waals surface area contributed by atoms with Gasteiger partial charge in [0.15, 0.2) is 0 Å². The van der Waals surface area contributed by atoms with E-state index in [2.05, 4.69) is 4.90 Å². The molecule has 2 rings (SSSR count). The van der Waals surface area contributed by atoms with Gasteiger partial charge in [0.05, 0.1) is 0 Å². The van der Waals surface area contributed by atoms with Gasteiger partial charge in [-0.15, -0.1) is 0 Å². The molecule has 1 heterocycles. The number of carboxylic acids is 1. The van der Waals surface area contributed by atoms with Gasteiger partial charge in [-0.3, -0.25) is 4.79 Å². The molecule has 5 heteroatoms. The molecule has 1 aromatic carbocycles. The number of likely N-dealkylation sites (tertiary alicyclic amines) is 1. The fraction of sp³-hybridized carbons (Fsp3) is 0.467. The van der Waals surface area contributed by atoms with Crippen molar-refractivity contribution in [3.63, 3.8) is 0 Å². The summed E-state index contributed by atoms with van der Waals surface area (Å²) in [7, 11) is 3.97. The Bertz CT molecular complexity index is 496. The van der Waals surface area contributed by atoms with Gasteiger partial charge < -0.3 is 14.9 Å². The first-order valence-corrected chi connectivity index (χ1v) is 6.76. The summed E-state index contributed by atoms with van der Waals surface area (Å²) in [5.74, 6) is -1.11. The molecule has 0 saturated carbocycles. The lowest BCUT2D eigenvalue weighted by Crippen LogP contribution is -2.40. The van der Waals surface area contributed by atoms with Gasteiger partial charge in [-0.05, 0) is 44.6 Å². The van der Waals surface area contributed by atoms with Crippen LogP contribution in [0.3, 0.4) is 0 Å². The highest BCUT2D eigenvalue weighted by molar-refractivity contribution is 5.97. The van der Waals surface area contributed by atoms with Crippen LogP contribution in [0.1, 0.15) is 28.8 Å². The van der Waals surface area contributed by atoms with E-state index in [1.54, 1.807) is 12.1 Å². The molecule has 1 saturated heterocycles. The average Bonchev–Trinajstić information content (AvgIpc) is 2.87. The number of hydrogen-bond donors (Lipinski definition) is 1. The first-order chi connectivity index (χ1) is 9.49. The van der Waals surface area contributed by atoms with E-state index in [1.165, 1.54) is 4.90 Å². The van der Waals surface area contributed by atoms with Crippen LogP contribution in [0.25, 0.3) is 0 Å². The molecular weight excluding hydrogens is 256 g/mol. The molecule has 0 aromatic heterocycles. The number of nitrogens with zero attached hydrogens (tertiary/aromatic N) is 2. The van der Waals surface area contributed by atoms with Gasteiger partial charge in [0.1, 0.15) is 6.04 Å². The smallest absolute Gasteiger partial charge is 0.326 e. The Hall–Kier alpha value is -1.88. The molecule has 1 aromatic rings. The number of amides is 1. The summed E-state index contributed by atoms with van der Waals surface area (Å²) in [5, 5.41) is 9.12. The highest BCUT2D eigenvalue weighted by Gasteiger charge is 2.34. The van der Waals surface area contributed by atoms with Crippen LogP contribution >= 0.6 is 0 Å². The predicted molar refractivity (Wildman–Crippen MR) is 75.5 cm³/mol. The van der Waals surface area contributed by atoms with Crippen LogP contribution in [-0.4, -0.2) is 53.5 Å². The fourth-order valence-electron chi connectivity index (χ4n) is 2.55. The van der Waals surface area contributed by atoms with Crippen LogP contribution in [0.2, 0.25) is 0 Å². The normalized spacial score (nSPS) is 18.6. The van der Waals surface area contributed by atoms with Gasteiger partial charge in [-0.1, -0.05) is 12.1 Å². The van der Waals surface area contributed by atoms with Crippen LogP contribution in [0.4, 0.5) is 0 Å². The zero-order chi connectivity index (χ0) is 14.7. The van der Waals surface area contributed by atoms with Crippen molar-refractivity contribution in [1.29, 1.82) is 0 Å². The monoisotopic (exact) mass is 276 g/mol. The van der Waals surface area contributed by atoms with Gasteiger partial charge >= 0.3 is 5.97 Å². The molecule has 0 spiro atoms. The highest BCUT2D eigenvalue weighted by Crippen LogP contribution is 2.20. The van der Waals surface area contributed by atoms with E-state index < -0.39 is 12.0 Å². The minimum Gasteiger partial charge on any atom is -0.480 e. The molecule has 0 bridgehead atoms. The lowest BCUT2D eigenvalue weighted by atomic mass is 10.1. The van der Waals surface area contributed by atoms with Gasteiger partial charge in [-0.25, -0.2) is 4.79 Å². The van der Waals surface area contributed by atoms with E-state index in [1.807, 2.05) is 26.2 Å². The van der Waals surface area contributed by atoms with Crippen molar-refractivity contribution in [1.82, 2.24) is 9.80 Å². The van der Waals surface area contributed by atoms with E-state index in [0.717, 1.165) is 18.5 Å². The molecule has 1 amide bonds. The summed E-state index contributed by atoms with van der Waals surface area (Å²) in [5.41, 5.74) is 1.68. The third kappa shape index (κ3) is 3.17. The quantitative estimate of drug-likeness (QED) is 0.904. The second kappa shape index (κ2) is 6.05. The van der Waals surface area contributed by atoms with E-state index in [-0.39, 0.29) is 5.91 Å². The predicted octanol–water partition coefficient (Wildman–Crippen LogP) is 1.44. The molecule has 0 radical (unpaired) electrons. The van der Waals surface area contributed by atoms with E-state index in [0.29, 0.717) is 18.5 Å². The fourth-order valence-corrected chi connectivity index (χ4v) is 2.55. The molecular formula is C15H20N2O3. The standard InChI is InChI=1S/C15H20N2O3/c1-16(2)10-11-5-7-12(8-6-11)14(18)17-9-3-4-13(17)15(19)20/h5-8,13H,3-4,9-10H2,1-2H3,(H,19,20)/t13-/m1/s1. The molecule has 1 aliphatic heterocycles. The number of carboxylic acid groups (broad SMARTS) is 1. The Morgan fingerprint density at radius 1 is 1.30 bits per heavy atom. The van der Waals surface area contributed by atoms with E-state index in [9.17, 15) is 9.59 Å². The van der Waals surface area contributed by atoms with Crippen molar-refractivity contribution < 1.29 is 14.7 Å². The summed E-state index contributed by atoms with van der Waals surface area (Å²) in [6.07, 6.45) is 1.29. The molecule has 1 fully saturated rings. The zero-order valence-corrected chi connectivity index (χ0v) is 11.9. The van der Waals surface area contributed by atoms with Crippen LogP contribution in [0.15, 0.2) is 24.3 Å². The summed E-state index contributed by atoms with van der Waals surface area (Å²) in [6, 6.07) is 6.71. The third-order valence-corrected chi connectivity index (χ3v) is 3.50. The number of benzene rings is 1. The SMILES string of the molecule is CN(C)Cc1ccc(C(=O)N2CCC[C@@H]2C(=O)O)cc1. The molecule has 1 atom stereocenters. The summed E-state index contributed by atoms with van der Waals surface area (Å²) in [6.45, 7) is 1.34. The van der Waals surface area contributed by atoms with Crippen LogP contribution in [0, 0.1) is 0 Å². The van der Waals surface area contributed by atoms with Crippen LogP contribution < -0.4 is 0 Å². The second-order valence-electron chi connectivity index (χ2n) is 5.43. The molecule has 1 N–H and O–H groups in total. The molecule has 0 unspecified atom stereocenters. The summed E-state index contributed by atoms with van der Waals surface area (Å²) >= 11 is 0. The van der Waals surface area contributed by atoms with Crippen molar-refractivity contribution in [3.8, 4) is 0 Å². The average molecular weight is 276 g/mol. The van der Waals surface area contributed by atoms with Crippen molar-refractivity contribution in [2.75, 3.05) is 20.6 Å². The Morgan fingerprint density at radius 2 is 1.95 bits per heavy atom. The maximum absolute atomic E-state index is 12.3. The molecule has 5 nitrogen and oxygen atoms in total. The Morgan fingerprint density at radius 3 is 2.50 bits per heavy atom. The van der Waals surface area contributed by atoms with E-state index >= 15 is 0 Å². The first kappa shape index (κ1) is 14.5. The highest BCUT2D eigenvalue weighted by atomic mass is 16.4. The number of carbonyl (C=O) groups is 2. The van der Waals surface area contributed by atoms with E-state index in [4.69, 9.17) is 5.11 Å². The topological polar surface area (TPSA) is 60.9 Å². The number of rotatable bonds is 4. The van der Waals surface area contributed by atoms with Crippen LogP contribution in [0.5, 0.6) is 0 Å². The largest absolute Gasteiger partial charge is 0.480 e.